The van der Waals surface area contributed by atoms with Crippen molar-refractivity contribution in [3.8, 4) is 0 Å². The monoisotopic (exact) mass is 253 g/mol. The summed E-state index contributed by atoms with van der Waals surface area (Å²) < 4.78 is 0. The van der Waals surface area contributed by atoms with Gasteiger partial charge in [-0.25, -0.2) is 0 Å². The van der Waals surface area contributed by atoms with E-state index in [4.69, 9.17) is 5.11 Å². The number of hydrogen-bond acceptors (Lipinski definition) is 3. The van der Waals surface area contributed by atoms with Crippen LogP contribution in [0.15, 0.2) is 30.3 Å². The Balaban J connectivity index is 2.04. The third kappa shape index (κ3) is 7.02. The van der Waals surface area contributed by atoms with Crippen LogP contribution < -0.4 is 5.32 Å². The second kappa shape index (κ2) is 9.07. The third-order valence-corrected chi connectivity index (χ3v) is 3.26. The molecule has 0 aliphatic heterocycles. The van der Waals surface area contributed by atoms with Gasteiger partial charge in [0.2, 0.25) is 5.91 Å². The van der Waals surface area contributed by atoms with Crippen LogP contribution in [0.25, 0.3) is 0 Å². The first-order chi connectivity index (χ1) is 8.33. The van der Waals surface area contributed by atoms with Crippen LogP contribution in [0.1, 0.15) is 18.4 Å². The van der Waals surface area contributed by atoms with E-state index in [9.17, 15) is 4.79 Å². The van der Waals surface area contributed by atoms with Gasteiger partial charge in [-0.05, 0) is 18.4 Å². The zero-order valence-electron chi connectivity index (χ0n) is 9.89. The molecule has 0 radical (unpaired) electrons. The van der Waals surface area contributed by atoms with Gasteiger partial charge in [-0.2, -0.15) is 0 Å². The molecule has 4 heteroatoms. The van der Waals surface area contributed by atoms with Gasteiger partial charge in [0, 0.05) is 18.9 Å². The molecule has 94 valence electrons. The van der Waals surface area contributed by atoms with Crippen LogP contribution >= 0.6 is 11.8 Å². The molecule has 1 aromatic rings. The first-order valence-electron chi connectivity index (χ1n) is 5.82. The summed E-state index contributed by atoms with van der Waals surface area (Å²) in [5, 5.41) is 11.4. The molecule has 0 spiro atoms. The van der Waals surface area contributed by atoms with Gasteiger partial charge in [0.25, 0.3) is 0 Å². The topological polar surface area (TPSA) is 49.3 Å². The fourth-order valence-electron chi connectivity index (χ4n) is 1.35. The number of unbranched alkanes of at least 4 members (excludes halogenated alkanes) is 1. The molecular weight excluding hydrogens is 234 g/mol. The predicted octanol–water partition coefficient (Wildman–Crippen LogP) is 1.81. The first kappa shape index (κ1) is 14.1. The zero-order valence-corrected chi connectivity index (χ0v) is 10.7. The maximum absolute atomic E-state index is 11.4. The molecule has 1 rings (SSSR count). The molecule has 0 saturated heterocycles. The molecule has 2 N–H and O–H groups in total. The molecule has 0 bridgehead atoms. The van der Waals surface area contributed by atoms with Crippen LogP contribution in [0.2, 0.25) is 0 Å². The summed E-state index contributed by atoms with van der Waals surface area (Å²) >= 11 is 1.62. The Kier molecular flexibility index (Phi) is 7.51. The van der Waals surface area contributed by atoms with E-state index in [1.54, 1.807) is 11.8 Å². The van der Waals surface area contributed by atoms with Crippen molar-refractivity contribution >= 4 is 17.7 Å². The zero-order chi connectivity index (χ0) is 12.3. The molecule has 0 saturated carbocycles. The summed E-state index contributed by atoms with van der Waals surface area (Å²) in [5.41, 5.74) is 1.24. The number of amides is 1. The number of aliphatic hydroxyl groups excluding tert-OH is 1. The molecule has 0 unspecified atom stereocenters. The number of hydrogen-bond donors (Lipinski definition) is 2. The van der Waals surface area contributed by atoms with Gasteiger partial charge in [0.05, 0.1) is 5.75 Å². The second-order valence-electron chi connectivity index (χ2n) is 3.76. The molecular formula is C13H19NO2S. The van der Waals surface area contributed by atoms with Crippen LogP contribution in [0.5, 0.6) is 0 Å². The number of carbonyl (C=O) groups is 1. The van der Waals surface area contributed by atoms with Crippen molar-refractivity contribution in [3.05, 3.63) is 35.9 Å². The molecule has 0 heterocycles. The molecule has 0 fully saturated rings. The van der Waals surface area contributed by atoms with E-state index in [2.05, 4.69) is 17.4 Å². The van der Waals surface area contributed by atoms with Crippen molar-refractivity contribution in [2.24, 2.45) is 0 Å². The number of aliphatic hydroxyl groups is 1. The summed E-state index contributed by atoms with van der Waals surface area (Å²) in [6.07, 6.45) is 1.59. The van der Waals surface area contributed by atoms with Gasteiger partial charge in [-0.3, -0.25) is 4.79 Å². The van der Waals surface area contributed by atoms with E-state index < -0.39 is 0 Å². The van der Waals surface area contributed by atoms with Crippen molar-refractivity contribution < 1.29 is 9.90 Å². The lowest BCUT2D eigenvalue weighted by molar-refractivity contribution is -0.118. The fraction of sp³-hybridized carbons (Fsp3) is 0.462. The molecule has 1 aromatic carbocycles. The molecule has 0 aliphatic rings. The minimum atomic E-state index is 0.0730. The molecule has 0 atom stereocenters. The smallest absolute Gasteiger partial charge is 0.230 e. The van der Waals surface area contributed by atoms with E-state index in [0.29, 0.717) is 12.3 Å². The summed E-state index contributed by atoms with van der Waals surface area (Å²) in [6.45, 7) is 0.851. The highest BCUT2D eigenvalue weighted by atomic mass is 32.2. The quantitative estimate of drug-likeness (QED) is 0.695. The van der Waals surface area contributed by atoms with Gasteiger partial charge in [0.15, 0.2) is 0 Å². The van der Waals surface area contributed by atoms with E-state index in [1.165, 1.54) is 5.56 Å². The number of thioether (sulfide) groups is 1. The van der Waals surface area contributed by atoms with Crippen molar-refractivity contribution in [1.29, 1.82) is 0 Å². The average Bonchev–Trinajstić information content (AvgIpc) is 2.36. The highest BCUT2D eigenvalue weighted by Crippen LogP contribution is 2.10. The highest BCUT2D eigenvalue weighted by molar-refractivity contribution is 7.99. The highest BCUT2D eigenvalue weighted by Gasteiger charge is 2.00. The minimum absolute atomic E-state index is 0.0730. The van der Waals surface area contributed by atoms with Gasteiger partial charge in [-0.15, -0.1) is 11.8 Å². The van der Waals surface area contributed by atoms with Crippen molar-refractivity contribution in [2.45, 2.75) is 18.6 Å². The molecule has 0 aliphatic carbocycles. The van der Waals surface area contributed by atoms with Gasteiger partial charge in [0.1, 0.15) is 0 Å². The fourth-order valence-corrected chi connectivity index (χ4v) is 2.17. The first-order valence-corrected chi connectivity index (χ1v) is 6.97. The van der Waals surface area contributed by atoms with Crippen LogP contribution in [0.4, 0.5) is 0 Å². The predicted molar refractivity (Wildman–Crippen MR) is 71.9 cm³/mol. The normalized spacial score (nSPS) is 10.2. The molecule has 1 amide bonds. The second-order valence-corrected chi connectivity index (χ2v) is 4.74. The Hall–Kier alpha value is -1.00. The average molecular weight is 253 g/mol. The summed E-state index contributed by atoms with van der Waals surface area (Å²) in [5.74, 6) is 1.43. The number of nitrogens with one attached hydrogen (secondary N) is 1. The van der Waals surface area contributed by atoms with E-state index >= 15 is 0 Å². The SMILES string of the molecule is O=C(CSCc1ccccc1)NCCCCO. The third-order valence-electron chi connectivity index (χ3n) is 2.25. The van der Waals surface area contributed by atoms with Gasteiger partial charge < -0.3 is 10.4 Å². The molecule has 3 nitrogen and oxygen atoms in total. The minimum Gasteiger partial charge on any atom is -0.396 e. The Bertz CT molecular complexity index is 316. The van der Waals surface area contributed by atoms with Crippen molar-refractivity contribution in [1.82, 2.24) is 5.32 Å². The van der Waals surface area contributed by atoms with E-state index in [0.717, 1.165) is 18.6 Å². The van der Waals surface area contributed by atoms with Crippen molar-refractivity contribution in [3.63, 3.8) is 0 Å². The van der Waals surface area contributed by atoms with Crippen LogP contribution in [-0.2, 0) is 10.5 Å². The lowest BCUT2D eigenvalue weighted by Gasteiger charge is -2.04. The van der Waals surface area contributed by atoms with Crippen LogP contribution in [0, 0.1) is 0 Å². The van der Waals surface area contributed by atoms with Gasteiger partial charge >= 0.3 is 0 Å². The van der Waals surface area contributed by atoms with Crippen molar-refractivity contribution in [2.75, 3.05) is 18.9 Å². The molecule has 17 heavy (non-hydrogen) atoms. The van der Waals surface area contributed by atoms with Crippen LogP contribution in [-0.4, -0.2) is 29.9 Å². The van der Waals surface area contributed by atoms with E-state index in [-0.39, 0.29) is 12.5 Å². The lowest BCUT2D eigenvalue weighted by Crippen LogP contribution is -2.26. The number of carbonyl (C=O) groups excluding carboxylic acids is 1. The Morgan fingerprint density at radius 3 is 2.71 bits per heavy atom. The summed E-state index contributed by atoms with van der Waals surface area (Å²) in [7, 11) is 0. The largest absolute Gasteiger partial charge is 0.396 e. The van der Waals surface area contributed by atoms with Gasteiger partial charge in [-0.1, -0.05) is 30.3 Å². The maximum Gasteiger partial charge on any atom is 0.230 e. The summed E-state index contributed by atoms with van der Waals surface area (Å²) in [4.78, 5) is 11.4. The molecule has 0 aromatic heterocycles. The number of rotatable bonds is 8. The Morgan fingerprint density at radius 2 is 2.00 bits per heavy atom. The lowest BCUT2D eigenvalue weighted by atomic mass is 10.2. The van der Waals surface area contributed by atoms with Crippen LogP contribution in [0.3, 0.4) is 0 Å². The van der Waals surface area contributed by atoms with E-state index in [1.807, 2.05) is 18.2 Å². The Labute approximate surface area is 107 Å². The Morgan fingerprint density at radius 1 is 1.24 bits per heavy atom. The summed E-state index contributed by atoms with van der Waals surface area (Å²) in [6, 6.07) is 10.1. The standard InChI is InChI=1S/C13H19NO2S/c15-9-5-4-8-14-13(16)11-17-10-12-6-2-1-3-7-12/h1-3,6-7,15H,4-5,8-11H2,(H,14,16). The maximum atomic E-state index is 11.4. The number of benzene rings is 1.